The molecular formula is C20H18F3N3O. The smallest absolute Gasteiger partial charge is 0.323 e. The lowest BCUT2D eigenvalue weighted by Gasteiger charge is -2.17. The van der Waals surface area contributed by atoms with E-state index in [2.05, 4.69) is 15.6 Å². The Morgan fingerprint density at radius 1 is 1.11 bits per heavy atom. The number of hydrogen-bond acceptors (Lipinski definition) is 3. The van der Waals surface area contributed by atoms with Crippen molar-refractivity contribution in [3.63, 3.8) is 0 Å². The molecule has 1 heterocycles. The van der Waals surface area contributed by atoms with Gasteiger partial charge in [0, 0.05) is 5.39 Å². The van der Waals surface area contributed by atoms with E-state index in [0.717, 1.165) is 23.0 Å². The Labute approximate surface area is 154 Å². The predicted octanol–water partition coefficient (Wildman–Crippen LogP) is 4.02. The molecule has 3 aromatic rings. The monoisotopic (exact) mass is 373 g/mol. The summed E-state index contributed by atoms with van der Waals surface area (Å²) >= 11 is 0. The van der Waals surface area contributed by atoms with Crippen LogP contribution in [-0.2, 0) is 17.4 Å². The van der Waals surface area contributed by atoms with E-state index in [1.165, 1.54) is 12.1 Å². The maximum atomic E-state index is 12.6. The Kier molecular flexibility index (Phi) is 5.41. The molecule has 0 saturated heterocycles. The highest BCUT2D eigenvalue weighted by Crippen LogP contribution is 2.29. The first-order valence-corrected chi connectivity index (χ1v) is 8.36. The summed E-state index contributed by atoms with van der Waals surface area (Å²) in [6.07, 6.45) is -2.53. The number of anilines is 1. The van der Waals surface area contributed by atoms with Gasteiger partial charge in [-0.05, 0) is 43.3 Å². The fraction of sp³-hybridized carbons (Fsp3) is 0.200. The number of nitrogens with one attached hydrogen (secondary N) is 2. The number of benzene rings is 2. The Bertz CT molecular complexity index is 939. The van der Waals surface area contributed by atoms with Crippen LogP contribution in [0.1, 0.15) is 11.1 Å². The average Bonchev–Trinajstić information content (AvgIpc) is 2.65. The maximum Gasteiger partial charge on any atom is 0.416 e. The summed E-state index contributed by atoms with van der Waals surface area (Å²) in [5, 5.41) is 6.60. The number of para-hydroxylation sites is 1. The highest BCUT2D eigenvalue weighted by atomic mass is 19.4. The molecular weight excluding hydrogens is 355 g/mol. The van der Waals surface area contributed by atoms with Crippen molar-refractivity contribution in [3.05, 3.63) is 71.9 Å². The molecule has 2 N–H and O–H groups in total. The molecule has 1 amide bonds. The van der Waals surface area contributed by atoms with Gasteiger partial charge in [-0.1, -0.05) is 30.3 Å². The molecule has 0 unspecified atom stereocenters. The molecule has 7 heteroatoms. The second kappa shape index (κ2) is 7.75. The summed E-state index contributed by atoms with van der Waals surface area (Å²) in [5.41, 5.74) is 1.31. The third kappa shape index (κ3) is 4.62. The van der Waals surface area contributed by atoms with Crippen molar-refractivity contribution in [1.82, 2.24) is 10.3 Å². The van der Waals surface area contributed by atoms with Gasteiger partial charge in [-0.2, -0.15) is 13.2 Å². The summed E-state index contributed by atoms with van der Waals surface area (Å²) in [6.45, 7) is 0. The first-order valence-electron chi connectivity index (χ1n) is 8.36. The van der Waals surface area contributed by atoms with Crippen LogP contribution in [0.2, 0.25) is 0 Å². The number of carbonyl (C=O) groups excluding carboxylic acids is 1. The highest BCUT2D eigenvalue weighted by molar-refractivity contribution is 5.96. The van der Waals surface area contributed by atoms with Crippen molar-refractivity contribution in [2.24, 2.45) is 0 Å². The molecule has 1 aromatic heterocycles. The number of rotatable bonds is 5. The predicted molar refractivity (Wildman–Crippen MR) is 98.4 cm³/mol. The van der Waals surface area contributed by atoms with Gasteiger partial charge in [0.25, 0.3) is 0 Å². The molecule has 0 radical (unpaired) electrons. The lowest BCUT2D eigenvalue weighted by atomic mass is 10.0. The summed E-state index contributed by atoms with van der Waals surface area (Å²) in [6, 6.07) is 13.6. The molecule has 0 fully saturated rings. The number of carbonyl (C=O) groups is 1. The highest BCUT2D eigenvalue weighted by Gasteiger charge is 2.30. The summed E-state index contributed by atoms with van der Waals surface area (Å²) in [7, 11) is 1.63. The summed E-state index contributed by atoms with van der Waals surface area (Å²) < 4.78 is 37.9. The number of pyridine rings is 1. The summed E-state index contributed by atoms with van der Waals surface area (Å²) in [4.78, 5) is 16.8. The zero-order valence-corrected chi connectivity index (χ0v) is 14.5. The van der Waals surface area contributed by atoms with Crippen molar-refractivity contribution in [3.8, 4) is 0 Å². The van der Waals surface area contributed by atoms with Crippen LogP contribution in [-0.4, -0.2) is 24.0 Å². The molecule has 0 spiro atoms. The maximum absolute atomic E-state index is 12.6. The van der Waals surface area contributed by atoms with Crippen molar-refractivity contribution in [2.75, 3.05) is 12.4 Å². The van der Waals surface area contributed by atoms with Crippen LogP contribution in [0.4, 0.5) is 18.9 Å². The van der Waals surface area contributed by atoms with Crippen molar-refractivity contribution < 1.29 is 18.0 Å². The van der Waals surface area contributed by atoms with Gasteiger partial charge in [-0.25, -0.2) is 0 Å². The standard InChI is InChI=1S/C20H18F3N3O/c1-24-18(10-13-6-8-15(9-7-13)20(21,22)23)19(27)26-16-11-14-4-2-3-5-17(14)25-12-16/h2-9,11-12,18,24H,10H2,1H3,(H,26,27)/t18-/m1/s1. The van der Waals surface area contributed by atoms with Gasteiger partial charge in [0.1, 0.15) is 0 Å². The van der Waals surface area contributed by atoms with Crippen LogP contribution >= 0.6 is 0 Å². The van der Waals surface area contributed by atoms with Crippen molar-refractivity contribution >= 4 is 22.5 Å². The molecule has 3 rings (SSSR count). The third-order valence-electron chi connectivity index (χ3n) is 4.24. The first-order chi connectivity index (χ1) is 12.9. The lowest BCUT2D eigenvalue weighted by Crippen LogP contribution is -2.40. The molecule has 140 valence electrons. The number of halogens is 3. The molecule has 0 bridgehead atoms. The van der Waals surface area contributed by atoms with E-state index in [0.29, 0.717) is 11.3 Å². The molecule has 27 heavy (non-hydrogen) atoms. The van der Waals surface area contributed by atoms with E-state index in [9.17, 15) is 18.0 Å². The van der Waals surface area contributed by atoms with Gasteiger partial charge in [0.15, 0.2) is 0 Å². The number of amides is 1. The quantitative estimate of drug-likeness (QED) is 0.710. The number of likely N-dealkylation sites (N-methyl/N-ethyl adjacent to an activating group) is 1. The van der Waals surface area contributed by atoms with Gasteiger partial charge in [-0.3, -0.25) is 9.78 Å². The SMILES string of the molecule is CN[C@H](Cc1ccc(C(F)(F)F)cc1)C(=O)Nc1cnc2ccccc2c1. The van der Waals surface area contributed by atoms with Gasteiger partial charge in [0.2, 0.25) is 5.91 Å². The topological polar surface area (TPSA) is 54.0 Å². The molecule has 4 nitrogen and oxygen atoms in total. The van der Waals surface area contributed by atoms with E-state index >= 15 is 0 Å². The van der Waals surface area contributed by atoms with Crippen molar-refractivity contribution in [2.45, 2.75) is 18.6 Å². The molecule has 1 atom stereocenters. The van der Waals surface area contributed by atoms with Crippen LogP contribution < -0.4 is 10.6 Å². The van der Waals surface area contributed by atoms with Crippen LogP contribution in [0.3, 0.4) is 0 Å². The van der Waals surface area contributed by atoms with E-state index in [4.69, 9.17) is 0 Å². The second-order valence-electron chi connectivity index (χ2n) is 6.15. The number of aromatic nitrogens is 1. The van der Waals surface area contributed by atoms with Gasteiger partial charge in [0.05, 0.1) is 29.0 Å². The molecule has 0 saturated carbocycles. The van der Waals surface area contributed by atoms with E-state index in [1.54, 1.807) is 13.2 Å². The van der Waals surface area contributed by atoms with Gasteiger partial charge >= 0.3 is 6.18 Å². The Balaban J connectivity index is 1.69. The largest absolute Gasteiger partial charge is 0.416 e. The number of fused-ring (bicyclic) bond motifs is 1. The third-order valence-corrected chi connectivity index (χ3v) is 4.24. The second-order valence-corrected chi connectivity index (χ2v) is 6.15. The fourth-order valence-corrected chi connectivity index (χ4v) is 2.76. The minimum absolute atomic E-state index is 0.265. The average molecular weight is 373 g/mol. The molecule has 0 aliphatic heterocycles. The Morgan fingerprint density at radius 3 is 2.48 bits per heavy atom. The van der Waals surface area contributed by atoms with Crippen molar-refractivity contribution in [1.29, 1.82) is 0 Å². The van der Waals surface area contributed by atoms with E-state index in [1.807, 2.05) is 30.3 Å². The zero-order valence-electron chi connectivity index (χ0n) is 14.5. The normalized spacial score (nSPS) is 12.7. The fourth-order valence-electron chi connectivity index (χ4n) is 2.76. The lowest BCUT2D eigenvalue weighted by molar-refractivity contribution is -0.137. The minimum Gasteiger partial charge on any atom is -0.323 e. The summed E-state index contributed by atoms with van der Waals surface area (Å²) in [5.74, 6) is -0.283. The van der Waals surface area contributed by atoms with E-state index < -0.39 is 17.8 Å². The number of alkyl halides is 3. The Morgan fingerprint density at radius 2 is 1.81 bits per heavy atom. The van der Waals surface area contributed by atoms with Gasteiger partial charge < -0.3 is 10.6 Å². The molecule has 0 aliphatic rings. The first kappa shape index (κ1) is 18.8. The van der Waals surface area contributed by atoms with Gasteiger partial charge in [-0.15, -0.1) is 0 Å². The molecule has 2 aromatic carbocycles. The Hall–Kier alpha value is -2.93. The number of hydrogen-bond donors (Lipinski definition) is 2. The van der Waals surface area contributed by atoms with Crippen LogP contribution in [0.15, 0.2) is 60.8 Å². The van der Waals surface area contributed by atoms with Crippen LogP contribution in [0.25, 0.3) is 10.9 Å². The zero-order chi connectivity index (χ0) is 19.4. The number of nitrogens with zero attached hydrogens (tertiary/aromatic N) is 1. The van der Waals surface area contributed by atoms with Crippen LogP contribution in [0, 0.1) is 0 Å². The van der Waals surface area contributed by atoms with E-state index in [-0.39, 0.29) is 12.3 Å². The minimum atomic E-state index is -4.37. The van der Waals surface area contributed by atoms with Crippen LogP contribution in [0.5, 0.6) is 0 Å². The molecule has 0 aliphatic carbocycles.